The molecule has 0 fully saturated rings. The van der Waals surface area contributed by atoms with Crippen molar-refractivity contribution in [3.63, 3.8) is 0 Å². The van der Waals surface area contributed by atoms with E-state index in [1.165, 1.54) is 11.3 Å². The summed E-state index contributed by atoms with van der Waals surface area (Å²) in [5, 5.41) is 11.0. The topological polar surface area (TPSA) is 46.5 Å². The Kier molecular flexibility index (Phi) is 1.90. The number of carbonyl (C=O) groups is 1. The average molecular weight is 194 g/mol. The molecule has 3 nitrogen and oxygen atoms in total. The summed E-state index contributed by atoms with van der Waals surface area (Å²) >= 11 is 1.47. The number of hydrogen-bond acceptors (Lipinski definition) is 3. The normalized spacial score (nSPS) is 10.2. The fraction of sp³-hybridized carbons (Fsp3) is 0. The molecule has 4 heteroatoms. The Hall–Kier alpha value is -1.55. The first kappa shape index (κ1) is 8.07. The van der Waals surface area contributed by atoms with Crippen LogP contribution in [0.5, 0.6) is 5.75 Å². The summed E-state index contributed by atoms with van der Waals surface area (Å²) in [7, 11) is 0. The van der Waals surface area contributed by atoms with Crippen LogP contribution in [0.4, 0.5) is 4.79 Å². The number of ether oxygens (including phenoxy) is 1. The van der Waals surface area contributed by atoms with Crippen molar-refractivity contribution in [3.05, 3.63) is 29.6 Å². The van der Waals surface area contributed by atoms with Crippen LogP contribution < -0.4 is 4.74 Å². The van der Waals surface area contributed by atoms with Gasteiger partial charge in [-0.1, -0.05) is 12.1 Å². The largest absolute Gasteiger partial charge is 0.511 e. The Labute approximate surface area is 78.2 Å². The van der Waals surface area contributed by atoms with Crippen molar-refractivity contribution in [1.29, 1.82) is 0 Å². The van der Waals surface area contributed by atoms with Gasteiger partial charge in [0.15, 0.2) is 5.75 Å². The molecule has 2 aromatic rings. The Balaban J connectivity index is 2.51. The van der Waals surface area contributed by atoms with E-state index < -0.39 is 6.16 Å². The molecule has 1 aromatic carbocycles. The Morgan fingerprint density at radius 2 is 2.15 bits per heavy atom. The molecule has 0 unspecified atom stereocenters. The van der Waals surface area contributed by atoms with Crippen molar-refractivity contribution in [3.8, 4) is 5.75 Å². The van der Waals surface area contributed by atoms with E-state index in [9.17, 15) is 4.79 Å². The molecular weight excluding hydrogens is 188 g/mol. The zero-order valence-electron chi connectivity index (χ0n) is 6.56. The summed E-state index contributed by atoms with van der Waals surface area (Å²) < 4.78 is 5.62. The first-order valence-corrected chi connectivity index (χ1v) is 4.52. The highest BCUT2D eigenvalue weighted by Gasteiger charge is 2.07. The van der Waals surface area contributed by atoms with Crippen LogP contribution in [0.1, 0.15) is 0 Å². The van der Waals surface area contributed by atoms with Gasteiger partial charge in [0.05, 0.1) is 0 Å². The number of rotatable bonds is 1. The van der Waals surface area contributed by atoms with Gasteiger partial charge in [-0.05, 0) is 12.1 Å². The van der Waals surface area contributed by atoms with E-state index in [1.807, 2.05) is 24.3 Å². The van der Waals surface area contributed by atoms with Gasteiger partial charge in [0.2, 0.25) is 0 Å². The van der Waals surface area contributed by atoms with Crippen LogP contribution in [-0.2, 0) is 0 Å². The van der Waals surface area contributed by atoms with Crippen molar-refractivity contribution in [2.45, 2.75) is 0 Å². The van der Waals surface area contributed by atoms with Gasteiger partial charge in [0.1, 0.15) is 0 Å². The van der Waals surface area contributed by atoms with Gasteiger partial charge in [0.25, 0.3) is 0 Å². The highest BCUT2D eigenvalue weighted by Crippen LogP contribution is 2.31. The summed E-state index contributed by atoms with van der Waals surface area (Å²) in [6, 6.07) is 7.52. The van der Waals surface area contributed by atoms with E-state index in [2.05, 4.69) is 4.74 Å². The smallest absolute Gasteiger partial charge is 0.449 e. The molecule has 0 bridgehead atoms. The molecule has 0 spiro atoms. The lowest BCUT2D eigenvalue weighted by molar-refractivity contribution is 0.145. The molecule has 0 aliphatic rings. The molecule has 0 aliphatic heterocycles. The fourth-order valence-electron chi connectivity index (χ4n) is 1.13. The lowest BCUT2D eigenvalue weighted by Gasteiger charge is -1.95. The van der Waals surface area contributed by atoms with E-state index in [4.69, 9.17) is 5.11 Å². The molecule has 1 N–H and O–H groups in total. The molecule has 0 amide bonds. The lowest BCUT2D eigenvalue weighted by Crippen LogP contribution is -2.01. The SMILES string of the molecule is O=C(O)Oc1csc2ccccc12. The maximum atomic E-state index is 10.3. The molecule has 0 aliphatic carbocycles. The van der Waals surface area contributed by atoms with E-state index in [0.717, 1.165) is 10.1 Å². The van der Waals surface area contributed by atoms with Gasteiger partial charge < -0.3 is 9.84 Å². The van der Waals surface area contributed by atoms with Crippen LogP contribution in [-0.4, -0.2) is 11.3 Å². The zero-order chi connectivity index (χ0) is 9.26. The Bertz CT molecular complexity index is 447. The molecule has 0 atom stereocenters. The van der Waals surface area contributed by atoms with Crippen LogP contribution in [0.25, 0.3) is 10.1 Å². The molecular formula is C9H6O3S. The van der Waals surface area contributed by atoms with E-state index >= 15 is 0 Å². The van der Waals surface area contributed by atoms with Crippen LogP contribution in [0.15, 0.2) is 29.6 Å². The van der Waals surface area contributed by atoms with Crippen molar-refractivity contribution in [1.82, 2.24) is 0 Å². The number of fused-ring (bicyclic) bond motifs is 1. The standard InChI is InChI=1S/C9H6O3S/c10-9(11)12-7-5-13-8-4-2-1-3-6(7)8/h1-5H,(H,10,11). The number of benzene rings is 1. The van der Waals surface area contributed by atoms with Crippen LogP contribution >= 0.6 is 11.3 Å². The predicted octanol–water partition coefficient (Wildman–Crippen LogP) is 2.96. The van der Waals surface area contributed by atoms with Crippen molar-refractivity contribution in [2.24, 2.45) is 0 Å². The second kappa shape index (κ2) is 3.06. The second-order valence-electron chi connectivity index (χ2n) is 2.46. The summed E-state index contributed by atoms with van der Waals surface area (Å²) in [6.45, 7) is 0. The molecule has 2 rings (SSSR count). The molecule has 0 radical (unpaired) electrons. The second-order valence-corrected chi connectivity index (χ2v) is 3.38. The van der Waals surface area contributed by atoms with Crippen molar-refractivity contribution >= 4 is 27.6 Å². The van der Waals surface area contributed by atoms with Crippen LogP contribution in [0.3, 0.4) is 0 Å². The minimum absolute atomic E-state index is 0.410. The monoisotopic (exact) mass is 194 g/mol. The van der Waals surface area contributed by atoms with Gasteiger partial charge in [-0.3, -0.25) is 0 Å². The predicted molar refractivity (Wildman–Crippen MR) is 50.5 cm³/mol. The maximum absolute atomic E-state index is 10.3. The molecule has 1 aromatic heterocycles. The highest BCUT2D eigenvalue weighted by atomic mass is 32.1. The minimum Gasteiger partial charge on any atom is -0.449 e. The van der Waals surface area contributed by atoms with Gasteiger partial charge in [-0.2, -0.15) is 0 Å². The third-order valence-corrected chi connectivity index (χ3v) is 2.58. The molecule has 1 heterocycles. The molecule has 66 valence electrons. The van der Waals surface area contributed by atoms with E-state index in [0.29, 0.717) is 5.75 Å². The minimum atomic E-state index is -1.27. The first-order valence-electron chi connectivity index (χ1n) is 3.64. The van der Waals surface area contributed by atoms with Gasteiger partial charge in [-0.25, -0.2) is 4.79 Å². The van der Waals surface area contributed by atoms with Gasteiger partial charge in [-0.15, -0.1) is 11.3 Å². The van der Waals surface area contributed by atoms with Crippen molar-refractivity contribution < 1.29 is 14.6 Å². The quantitative estimate of drug-likeness (QED) is 0.710. The third kappa shape index (κ3) is 1.48. The molecule has 0 saturated carbocycles. The average Bonchev–Trinajstić information content (AvgIpc) is 2.48. The lowest BCUT2D eigenvalue weighted by atomic mass is 10.2. The summed E-state index contributed by atoms with van der Waals surface area (Å²) in [5.41, 5.74) is 0. The van der Waals surface area contributed by atoms with E-state index in [-0.39, 0.29) is 0 Å². The summed E-state index contributed by atoms with van der Waals surface area (Å²) in [6.07, 6.45) is -1.27. The first-order chi connectivity index (χ1) is 6.27. The van der Waals surface area contributed by atoms with Crippen molar-refractivity contribution in [2.75, 3.05) is 0 Å². The van der Waals surface area contributed by atoms with E-state index in [1.54, 1.807) is 5.38 Å². The summed E-state index contributed by atoms with van der Waals surface area (Å²) in [4.78, 5) is 10.3. The van der Waals surface area contributed by atoms with Gasteiger partial charge in [0, 0.05) is 15.5 Å². The Morgan fingerprint density at radius 3 is 2.92 bits per heavy atom. The van der Waals surface area contributed by atoms with Crippen LogP contribution in [0.2, 0.25) is 0 Å². The summed E-state index contributed by atoms with van der Waals surface area (Å²) in [5.74, 6) is 0.410. The number of hydrogen-bond donors (Lipinski definition) is 1. The molecule has 13 heavy (non-hydrogen) atoms. The van der Waals surface area contributed by atoms with Crippen LogP contribution in [0, 0.1) is 0 Å². The highest BCUT2D eigenvalue weighted by molar-refractivity contribution is 7.17. The third-order valence-electron chi connectivity index (χ3n) is 1.64. The Morgan fingerprint density at radius 1 is 1.38 bits per heavy atom. The number of carboxylic acid groups (broad SMARTS) is 1. The molecule has 0 saturated heterocycles. The maximum Gasteiger partial charge on any atom is 0.511 e. The fourth-order valence-corrected chi connectivity index (χ4v) is 1.99. The van der Waals surface area contributed by atoms with Gasteiger partial charge >= 0.3 is 6.16 Å². The zero-order valence-corrected chi connectivity index (χ0v) is 7.38. The number of thiophene rings is 1.